The van der Waals surface area contributed by atoms with Gasteiger partial charge in [0.25, 0.3) is 5.91 Å². The molecule has 0 radical (unpaired) electrons. The molecule has 2 N–H and O–H groups in total. The lowest BCUT2D eigenvalue weighted by Gasteiger charge is -2.31. The zero-order valence-electron chi connectivity index (χ0n) is 13.7. The Morgan fingerprint density at radius 1 is 1.38 bits per heavy atom. The number of hydrogen-bond donors (Lipinski definition) is 2. The van der Waals surface area contributed by atoms with Gasteiger partial charge in [-0.1, -0.05) is 19.9 Å². The summed E-state index contributed by atoms with van der Waals surface area (Å²) < 4.78 is 0. The van der Waals surface area contributed by atoms with Crippen molar-refractivity contribution in [2.75, 3.05) is 6.54 Å². The molecule has 1 unspecified atom stereocenters. The van der Waals surface area contributed by atoms with Crippen LogP contribution in [0.1, 0.15) is 36.4 Å². The molecule has 24 heavy (non-hydrogen) atoms. The molecule has 6 nitrogen and oxygen atoms in total. The van der Waals surface area contributed by atoms with Crippen molar-refractivity contribution in [3.8, 4) is 10.7 Å². The molecule has 0 aromatic carbocycles. The standard InChI is InChI=1S/C17H20N4O2S/c1-3-17(4-2)10-20-15(23)13(17)21-14(22)12-9-19-16(24-12)11-7-5-6-8-18-11/h5-9,13H,3-4,10H2,1-2H3,(H,20,23)(H,21,22). The third-order valence-electron chi connectivity index (χ3n) is 4.79. The van der Waals surface area contributed by atoms with Gasteiger partial charge in [0.15, 0.2) is 0 Å². The number of nitrogens with one attached hydrogen (secondary N) is 2. The normalized spacial score (nSPS) is 19.1. The van der Waals surface area contributed by atoms with E-state index in [9.17, 15) is 9.59 Å². The van der Waals surface area contributed by atoms with Gasteiger partial charge in [0.2, 0.25) is 5.91 Å². The highest BCUT2D eigenvalue weighted by Gasteiger charge is 2.46. The number of nitrogens with zero attached hydrogens (tertiary/aromatic N) is 2. The molecule has 1 aliphatic heterocycles. The Bertz CT molecular complexity index is 740. The summed E-state index contributed by atoms with van der Waals surface area (Å²) in [4.78, 5) is 33.7. The van der Waals surface area contributed by atoms with Crippen molar-refractivity contribution in [2.45, 2.75) is 32.7 Å². The molecule has 7 heteroatoms. The van der Waals surface area contributed by atoms with Gasteiger partial charge in [-0.05, 0) is 25.0 Å². The second-order valence-electron chi connectivity index (χ2n) is 5.94. The zero-order valence-corrected chi connectivity index (χ0v) is 14.5. The van der Waals surface area contributed by atoms with Crippen LogP contribution < -0.4 is 10.6 Å². The number of amides is 2. The molecule has 1 saturated heterocycles. The number of thiazole rings is 1. The summed E-state index contributed by atoms with van der Waals surface area (Å²) in [6.07, 6.45) is 4.89. The first kappa shape index (κ1) is 16.6. The Morgan fingerprint density at radius 3 is 2.83 bits per heavy atom. The van der Waals surface area contributed by atoms with E-state index in [4.69, 9.17) is 0 Å². The second-order valence-corrected chi connectivity index (χ2v) is 6.97. The van der Waals surface area contributed by atoms with Crippen LogP contribution in [0, 0.1) is 5.41 Å². The minimum absolute atomic E-state index is 0.110. The van der Waals surface area contributed by atoms with E-state index >= 15 is 0 Å². The number of hydrogen-bond acceptors (Lipinski definition) is 5. The second kappa shape index (κ2) is 6.68. The van der Waals surface area contributed by atoms with E-state index in [0.29, 0.717) is 16.4 Å². The molecule has 0 saturated carbocycles. The average Bonchev–Trinajstić information content (AvgIpc) is 3.23. The first-order valence-electron chi connectivity index (χ1n) is 8.05. The summed E-state index contributed by atoms with van der Waals surface area (Å²) in [7, 11) is 0. The molecular formula is C17H20N4O2S. The molecule has 2 aromatic heterocycles. The van der Waals surface area contributed by atoms with E-state index < -0.39 is 6.04 Å². The summed E-state index contributed by atoms with van der Waals surface area (Å²) in [6, 6.07) is 5.06. The monoisotopic (exact) mass is 344 g/mol. The van der Waals surface area contributed by atoms with Crippen molar-refractivity contribution < 1.29 is 9.59 Å². The van der Waals surface area contributed by atoms with Gasteiger partial charge in [-0.15, -0.1) is 11.3 Å². The number of carbonyl (C=O) groups excluding carboxylic acids is 2. The molecule has 2 amide bonds. The number of aromatic nitrogens is 2. The smallest absolute Gasteiger partial charge is 0.263 e. The van der Waals surface area contributed by atoms with E-state index in [1.165, 1.54) is 17.5 Å². The Hall–Kier alpha value is -2.28. The molecule has 0 bridgehead atoms. The predicted octanol–water partition coefficient (Wildman–Crippen LogP) is 2.24. The van der Waals surface area contributed by atoms with Gasteiger partial charge in [0.05, 0.1) is 11.9 Å². The topological polar surface area (TPSA) is 84.0 Å². The highest BCUT2D eigenvalue weighted by atomic mass is 32.1. The Labute approximate surface area is 144 Å². The summed E-state index contributed by atoms with van der Waals surface area (Å²) >= 11 is 1.28. The molecule has 1 fully saturated rings. The van der Waals surface area contributed by atoms with Crippen LogP contribution in [0.15, 0.2) is 30.6 Å². The largest absolute Gasteiger partial charge is 0.354 e. The van der Waals surface area contributed by atoms with E-state index in [2.05, 4.69) is 34.4 Å². The van der Waals surface area contributed by atoms with Crippen molar-refractivity contribution in [1.82, 2.24) is 20.6 Å². The van der Waals surface area contributed by atoms with Crippen LogP contribution in [0.5, 0.6) is 0 Å². The molecule has 0 spiro atoms. The van der Waals surface area contributed by atoms with Gasteiger partial charge in [0, 0.05) is 18.2 Å². The maximum atomic E-state index is 12.6. The van der Waals surface area contributed by atoms with Gasteiger partial charge >= 0.3 is 0 Å². The van der Waals surface area contributed by atoms with Crippen LogP contribution in [-0.4, -0.2) is 34.4 Å². The quantitative estimate of drug-likeness (QED) is 0.871. The first-order valence-corrected chi connectivity index (χ1v) is 8.87. The summed E-state index contributed by atoms with van der Waals surface area (Å²) in [5, 5.41) is 6.46. The van der Waals surface area contributed by atoms with Crippen molar-refractivity contribution in [2.24, 2.45) is 5.41 Å². The van der Waals surface area contributed by atoms with Crippen molar-refractivity contribution in [1.29, 1.82) is 0 Å². The maximum Gasteiger partial charge on any atom is 0.263 e. The van der Waals surface area contributed by atoms with Gasteiger partial charge in [-0.2, -0.15) is 0 Å². The van der Waals surface area contributed by atoms with Crippen LogP contribution in [-0.2, 0) is 4.79 Å². The summed E-state index contributed by atoms with van der Waals surface area (Å²) in [5.41, 5.74) is 0.512. The molecule has 126 valence electrons. The predicted molar refractivity (Wildman–Crippen MR) is 92.6 cm³/mol. The van der Waals surface area contributed by atoms with E-state index in [1.807, 2.05) is 18.2 Å². The minimum atomic E-state index is -0.500. The highest BCUT2D eigenvalue weighted by Crippen LogP contribution is 2.34. The van der Waals surface area contributed by atoms with E-state index in [1.54, 1.807) is 6.20 Å². The third kappa shape index (κ3) is 2.91. The maximum absolute atomic E-state index is 12.6. The van der Waals surface area contributed by atoms with Crippen molar-refractivity contribution in [3.05, 3.63) is 35.5 Å². The average molecular weight is 344 g/mol. The van der Waals surface area contributed by atoms with Crippen LogP contribution in [0.25, 0.3) is 10.7 Å². The molecule has 0 aliphatic carbocycles. The van der Waals surface area contributed by atoms with Gasteiger partial charge in [-0.3, -0.25) is 14.6 Å². The van der Waals surface area contributed by atoms with E-state index in [-0.39, 0.29) is 17.2 Å². The molecule has 1 atom stereocenters. The van der Waals surface area contributed by atoms with Gasteiger partial charge in [-0.25, -0.2) is 4.98 Å². The van der Waals surface area contributed by atoms with Crippen LogP contribution >= 0.6 is 11.3 Å². The lowest BCUT2D eigenvalue weighted by Crippen LogP contribution is -2.48. The SMILES string of the molecule is CCC1(CC)CNC(=O)C1NC(=O)c1cnc(-c2ccccn2)s1. The first-order chi connectivity index (χ1) is 11.6. The third-order valence-corrected chi connectivity index (χ3v) is 5.81. The van der Waals surface area contributed by atoms with Gasteiger partial charge < -0.3 is 10.6 Å². The minimum Gasteiger partial charge on any atom is -0.354 e. The zero-order chi connectivity index (χ0) is 17.2. The molecule has 3 rings (SSSR count). The molecule has 3 heterocycles. The Kier molecular flexibility index (Phi) is 4.62. The van der Waals surface area contributed by atoms with Crippen molar-refractivity contribution in [3.63, 3.8) is 0 Å². The lowest BCUT2D eigenvalue weighted by atomic mass is 9.77. The van der Waals surface area contributed by atoms with Gasteiger partial charge in [0.1, 0.15) is 15.9 Å². The van der Waals surface area contributed by atoms with Crippen LogP contribution in [0.3, 0.4) is 0 Å². The fourth-order valence-corrected chi connectivity index (χ4v) is 3.86. The fraction of sp³-hybridized carbons (Fsp3) is 0.412. The summed E-state index contributed by atoms with van der Waals surface area (Å²) in [5.74, 6) is -0.371. The van der Waals surface area contributed by atoms with Crippen molar-refractivity contribution >= 4 is 23.2 Å². The molecule has 1 aliphatic rings. The van der Waals surface area contributed by atoms with Crippen LogP contribution in [0.4, 0.5) is 0 Å². The van der Waals surface area contributed by atoms with E-state index in [0.717, 1.165) is 18.5 Å². The summed E-state index contributed by atoms with van der Waals surface area (Å²) in [6.45, 7) is 4.70. The molecule has 2 aromatic rings. The molecular weight excluding hydrogens is 324 g/mol. The Balaban J connectivity index is 1.78. The van der Waals surface area contributed by atoms with Crippen LogP contribution in [0.2, 0.25) is 0 Å². The number of pyridine rings is 1. The lowest BCUT2D eigenvalue weighted by molar-refractivity contribution is -0.121. The number of carbonyl (C=O) groups is 2. The number of rotatable bonds is 5. The highest BCUT2D eigenvalue weighted by molar-refractivity contribution is 7.16. The fourth-order valence-electron chi connectivity index (χ4n) is 3.06. The Morgan fingerprint density at radius 2 is 2.17 bits per heavy atom.